The Morgan fingerprint density at radius 1 is 1.50 bits per heavy atom. The van der Waals surface area contributed by atoms with Crippen LogP contribution in [0.2, 0.25) is 0 Å². The molecule has 6 heteroatoms. The molecule has 0 fully saturated rings. The lowest BCUT2D eigenvalue weighted by Crippen LogP contribution is -2.43. The van der Waals surface area contributed by atoms with Gasteiger partial charge in [-0.2, -0.15) is 0 Å². The quantitative estimate of drug-likeness (QED) is 0.668. The number of carboxylic acid groups (broad SMARTS) is 1. The van der Waals surface area contributed by atoms with E-state index in [2.05, 4.69) is 5.32 Å². The minimum atomic E-state index is -1.23. The van der Waals surface area contributed by atoms with Gasteiger partial charge in [0, 0.05) is 11.3 Å². The normalized spacial score (nSPS) is 12.1. The number of rotatable bonds is 6. The Bertz CT molecular complexity index is 350. The third-order valence-corrected chi connectivity index (χ3v) is 2.93. The zero-order valence-electron chi connectivity index (χ0n) is 8.55. The molecule has 0 aliphatic rings. The smallest absolute Gasteiger partial charge is 0.328 e. The Morgan fingerprint density at radius 2 is 2.25 bits per heavy atom. The third kappa shape index (κ3) is 4.00. The lowest BCUT2D eigenvalue weighted by molar-refractivity contribution is -0.142. The van der Waals surface area contributed by atoms with Gasteiger partial charge in [-0.05, 0) is 17.9 Å². The molecular formula is C10H13NO4S. The van der Waals surface area contributed by atoms with Gasteiger partial charge in [0.2, 0.25) is 5.91 Å². The van der Waals surface area contributed by atoms with E-state index in [1.165, 1.54) is 0 Å². The highest BCUT2D eigenvalue weighted by Gasteiger charge is 2.18. The van der Waals surface area contributed by atoms with Crippen molar-refractivity contribution in [3.8, 4) is 0 Å². The van der Waals surface area contributed by atoms with Crippen LogP contribution in [0, 0.1) is 0 Å². The number of aliphatic hydroxyl groups excluding tert-OH is 1. The average molecular weight is 243 g/mol. The van der Waals surface area contributed by atoms with Crippen molar-refractivity contribution in [2.45, 2.75) is 18.9 Å². The van der Waals surface area contributed by atoms with Crippen LogP contribution in [0.15, 0.2) is 17.5 Å². The van der Waals surface area contributed by atoms with Gasteiger partial charge >= 0.3 is 5.97 Å². The zero-order valence-corrected chi connectivity index (χ0v) is 9.37. The largest absolute Gasteiger partial charge is 0.480 e. The van der Waals surface area contributed by atoms with Crippen LogP contribution in [0.3, 0.4) is 0 Å². The molecule has 0 aliphatic heterocycles. The third-order valence-electron chi connectivity index (χ3n) is 1.99. The summed E-state index contributed by atoms with van der Waals surface area (Å²) in [7, 11) is 0. The van der Waals surface area contributed by atoms with Crippen molar-refractivity contribution in [2.75, 3.05) is 6.61 Å². The van der Waals surface area contributed by atoms with E-state index < -0.39 is 18.6 Å². The zero-order chi connectivity index (χ0) is 12.0. The summed E-state index contributed by atoms with van der Waals surface area (Å²) in [4.78, 5) is 22.9. The molecule has 1 rings (SSSR count). The van der Waals surface area contributed by atoms with Crippen LogP contribution in [-0.4, -0.2) is 34.7 Å². The number of carbonyl (C=O) groups excluding carboxylic acids is 1. The number of hydrogen-bond donors (Lipinski definition) is 3. The summed E-state index contributed by atoms with van der Waals surface area (Å²) >= 11 is 1.55. The van der Waals surface area contributed by atoms with Crippen molar-refractivity contribution in [1.82, 2.24) is 5.32 Å². The monoisotopic (exact) mass is 243 g/mol. The molecule has 5 nitrogen and oxygen atoms in total. The van der Waals surface area contributed by atoms with Crippen molar-refractivity contribution < 1.29 is 19.8 Å². The summed E-state index contributed by atoms with van der Waals surface area (Å²) in [5.74, 6) is -1.60. The molecule has 16 heavy (non-hydrogen) atoms. The van der Waals surface area contributed by atoms with Gasteiger partial charge in [0.25, 0.3) is 0 Å². The molecule has 0 unspecified atom stereocenters. The van der Waals surface area contributed by atoms with Crippen LogP contribution >= 0.6 is 11.3 Å². The molecule has 0 radical (unpaired) electrons. The van der Waals surface area contributed by atoms with Crippen LogP contribution in [0.25, 0.3) is 0 Å². The van der Waals surface area contributed by atoms with Crippen LogP contribution in [0.5, 0.6) is 0 Å². The second kappa shape index (κ2) is 6.24. The van der Waals surface area contributed by atoms with Gasteiger partial charge in [0.1, 0.15) is 6.04 Å². The van der Waals surface area contributed by atoms with Crippen molar-refractivity contribution in [3.05, 3.63) is 22.4 Å². The number of amides is 1. The van der Waals surface area contributed by atoms with Gasteiger partial charge < -0.3 is 15.5 Å². The molecule has 1 atom stereocenters. The molecule has 3 N–H and O–H groups in total. The molecule has 1 amide bonds. The Morgan fingerprint density at radius 3 is 2.75 bits per heavy atom. The predicted octanol–water partition coefficient (Wildman–Crippen LogP) is 0.242. The van der Waals surface area contributed by atoms with E-state index in [4.69, 9.17) is 10.2 Å². The van der Waals surface area contributed by atoms with Gasteiger partial charge in [-0.25, -0.2) is 4.79 Å². The van der Waals surface area contributed by atoms with Crippen LogP contribution in [0.4, 0.5) is 0 Å². The first kappa shape index (κ1) is 12.7. The molecule has 0 saturated heterocycles. The summed E-state index contributed by atoms with van der Waals surface area (Å²) in [6.45, 7) is -0.597. The Kier molecular flexibility index (Phi) is 4.94. The molecular weight excluding hydrogens is 230 g/mol. The Balaban J connectivity index is 2.33. The highest BCUT2D eigenvalue weighted by atomic mass is 32.1. The maximum atomic E-state index is 11.3. The highest BCUT2D eigenvalue weighted by Crippen LogP contribution is 2.10. The number of aliphatic carboxylic acids is 1. The standard InChI is InChI=1S/C10H13NO4S/c12-6-8(10(14)15)11-9(13)4-3-7-2-1-5-16-7/h1-2,5,8,12H,3-4,6H2,(H,11,13)(H,14,15)/t8-/m0/s1. The van der Waals surface area contributed by atoms with Crippen LogP contribution < -0.4 is 5.32 Å². The van der Waals surface area contributed by atoms with E-state index in [0.717, 1.165) is 4.88 Å². The van der Waals surface area contributed by atoms with E-state index in [1.54, 1.807) is 11.3 Å². The van der Waals surface area contributed by atoms with Crippen molar-refractivity contribution in [3.63, 3.8) is 0 Å². The van der Waals surface area contributed by atoms with E-state index in [1.807, 2.05) is 17.5 Å². The molecule has 0 saturated carbocycles. The molecule has 0 spiro atoms. The number of aryl methyl sites for hydroxylation is 1. The van der Waals surface area contributed by atoms with Gasteiger partial charge in [0.05, 0.1) is 6.61 Å². The SMILES string of the molecule is O=C(CCc1cccs1)N[C@@H](CO)C(=O)O. The summed E-state index contributed by atoms with van der Waals surface area (Å²) in [5, 5.41) is 21.5. The number of nitrogens with one attached hydrogen (secondary N) is 1. The number of thiophene rings is 1. The molecule has 0 bridgehead atoms. The molecule has 88 valence electrons. The first-order chi connectivity index (χ1) is 7.63. The van der Waals surface area contributed by atoms with E-state index in [0.29, 0.717) is 6.42 Å². The predicted molar refractivity (Wildman–Crippen MR) is 59.3 cm³/mol. The maximum absolute atomic E-state index is 11.3. The number of carboxylic acids is 1. The topological polar surface area (TPSA) is 86.6 Å². The fourth-order valence-electron chi connectivity index (χ4n) is 1.14. The summed E-state index contributed by atoms with van der Waals surface area (Å²) < 4.78 is 0. The highest BCUT2D eigenvalue weighted by molar-refractivity contribution is 7.09. The summed E-state index contributed by atoms with van der Waals surface area (Å²) in [6.07, 6.45) is 0.811. The minimum Gasteiger partial charge on any atom is -0.480 e. The van der Waals surface area contributed by atoms with E-state index in [-0.39, 0.29) is 12.3 Å². The van der Waals surface area contributed by atoms with Gasteiger partial charge in [-0.15, -0.1) is 11.3 Å². The molecule has 1 heterocycles. The second-order valence-electron chi connectivity index (χ2n) is 3.22. The summed E-state index contributed by atoms with van der Waals surface area (Å²) in [6, 6.07) is 2.60. The fraction of sp³-hybridized carbons (Fsp3) is 0.400. The van der Waals surface area contributed by atoms with Crippen LogP contribution in [0.1, 0.15) is 11.3 Å². The lowest BCUT2D eigenvalue weighted by atomic mass is 10.2. The average Bonchev–Trinajstić information content (AvgIpc) is 2.75. The number of hydrogen-bond acceptors (Lipinski definition) is 4. The number of aliphatic hydroxyl groups is 1. The molecule has 1 aromatic rings. The Hall–Kier alpha value is -1.40. The van der Waals surface area contributed by atoms with Gasteiger partial charge in [0.15, 0.2) is 0 Å². The number of carbonyl (C=O) groups is 2. The molecule has 0 aromatic carbocycles. The first-order valence-corrected chi connectivity index (χ1v) is 5.67. The maximum Gasteiger partial charge on any atom is 0.328 e. The fourth-order valence-corrected chi connectivity index (χ4v) is 1.85. The van der Waals surface area contributed by atoms with E-state index >= 15 is 0 Å². The first-order valence-electron chi connectivity index (χ1n) is 4.79. The molecule has 0 aliphatic carbocycles. The second-order valence-corrected chi connectivity index (χ2v) is 4.25. The van der Waals surface area contributed by atoms with E-state index in [9.17, 15) is 9.59 Å². The van der Waals surface area contributed by atoms with Crippen molar-refractivity contribution in [1.29, 1.82) is 0 Å². The van der Waals surface area contributed by atoms with Crippen molar-refractivity contribution in [2.24, 2.45) is 0 Å². The lowest BCUT2D eigenvalue weighted by Gasteiger charge is -2.10. The minimum absolute atomic E-state index is 0.226. The van der Waals surface area contributed by atoms with Gasteiger partial charge in [-0.3, -0.25) is 4.79 Å². The van der Waals surface area contributed by atoms with Gasteiger partial charge in [-0.1, -0.05) is 6.07 Å². The molecule has 1 aromatic heterocycles. The summed E-state index contributed by atoms with van der Waals surface area (Å²) in [5.41, 5.74) is 0. The van der Waals surface area contributed by atoms with Crippen LogP contribution in [-0.2, 0) is 16.0 Å². The Labute approximate surface area is 96.7 Å². The van der Waals surface area contributed by atoms with Crippen molar-refractivity contribution >= 4 is 23.2 Å².